The zero-order chi connectivity index (χ0) is 15.4. The van der Waals surface area contributed by atoms with Crippen molar-refractivity contribution < 1.29 is 9.53 Å². The SMILES string of the molecule is CC(CC(=O)NC1COc2ccccc2C1)C1CCCNC1. The second-order valence-electron chi connectivity index (χ2n) is 6.68. The van der Waals surface area contributed by atoms with Crippen LogP contribution in [0.15, 0.2) is 24.3 Å². The van der Waals surface area contributed by atoms with E-state index in [1.165, 1.54) is 18.4 Å². The van der Waals surface area contributed by atoms with Crippen molar-refractivity contribution in [3.63, 3.8) is 0 Å². The minimum Gasteiger partial charge on any atom is -0.491 e. The number of piperidine rings is 1. The predicted octanol–water partition coefficient (Wildman–Crippen LogP) is 2.13. The summed E-state index contributed by atoms with van der Waals surface area (Å²) >= 11 is 0. The van der Waals surface area contributed by atoms with E-state index in [0.29, 0.717) is 24.9 Å². The number of carbonyl (C=O) groups excluding carboxylic acids is 1. The van der Waals surface area contributed by atoms with E-state index in [-0.39, 0.29) is 11.9 Å². The average Bonchev–Trinajstić information content (AvgIpc) is 2.55. The molecule has 0 radical (unpaired) electrons. The summed E-state index contributed by atoms with van der Waals surface area (Å²) in [5.41, 5.74) is 1.18. The van der Waals surface area contributed by atoms with Crippen molar-refractivity contribution in [1.82, 2.24) is 10.6 Å². The predicted molar refractivity (Wildman–Crippen MR) is 86.9 cm³/mol. The highest BCUT2D eigenvalue weighted by molar-refractivity contribution is 5.76. The molecule has 4 heteroatoms. The highest BCUT2D eigenvalue weighted by Gasteiger charge is 2.25. The fourth-order valence-corrected chi connectivity index (χ4v) is 3.53. The molecule has 1 saturated heterocycles. The Morgan fingerprint density at radius 1 is 1.45 bits per heavy atom. The van der Waals surface area contributed by atoms with Crippen LogP contribution in [0.2, 0.25) is 0 Å². The lowest BCUT2D eigenvalue weighted by molar-refractivity contribution is -0.123. The molecule has 0 aliphatic carbocycles. The van der Waals surface area contributed by atoms with Crippen LogP contribution in [0, 0.1) is 11.8 Å². The number of amides is 1. The van der Waals surface area contributed by atoms with Gasteiger partial charge < -0.3 is 15.4 Å². The van der Waals surface area contributed by atoms with Crippen molar-refractivity contribution in [2.45, 2.75) is 38.6 Å². The summed E-state index contributed by atoms with van der Waals surface area (Å²) in [4.78, 5) is 12.3. The molecule has 3 rings (SSSR count). The Hall–Kier alpha value is -1.55. The van der Waals surface area contributed by atoms with Gasteiger partial charge in [0.2, 0.25) is 5.91 Å². The maximum atomic E-state index is 12.3. The molecule has 3 unspecified atom stereocenters. The normalized spacial score (nSPS) is 25.7. The van der Waals surface area contributed by atoms with Crippen LogP contribution in [-0.4, -0.2) is 31.6 Å². The lowest BCUT2D eigenvalue weighted by Gasteiger charge is -2.29. The summed E-state index contributed by atoms with van der Waals surface area (Å²) in [6.45, 7) is 4.94. The van der Waals surface area contributed by atoms with Crippen LogP contribution in [0.4, 0.5) is 0 Å². The Labute approximate surface area is 132 Å². The van der Waals surface area contributed by atoms with Crippen LogP contribution in [0.3, 0.4) is 0 Å². The van der Waals surface area contributed by atoms with Crippen molar-refractivity contribution in [1.29, 1.82) is 0 Å². The first-order valence-corrected chi connectivity index (χ1v) is 8.43. The van der Waals surface area contributed by atoms with Gasteiger partial charge in [0.05, 0.1) is 6.04 Å². The van der Waals surface area contributed by atoms with Gasteiger partial charge in [-0.2, -0.15) is 0 Å². The molecule has 22 heavy (non-hydrogen) atoms. The van der Waals surface area contributed by atoms with Gasteiger partial charge in [-0.1, -0.05) is 25.1 Å². The zero-order valence-electron chi connectivity index (χ0n) is 13.3. The van der Waals surface area contributed by atoms with Crippen molar-refractivity contribution in [2.24, 2.45) is 11.8 Å². The molecule has 2 aliphatic rings. The van der Waals surface area contributed by atoms with Crippen LogP contribution in [0.25, 0.3) is 0 Å². The maximum Gasteiger partial charge on any atom is 0.220 e. The Kier molecular flexibility index (Phi) is 4.98. The van der Waals surface area contributed by atoms with Gasteiger partial charge in [0, 0.05) is 6.42 Å². The lowest BCUT2D eigenvalue weighted by atomic mass is 9.85. The molecule has 0 saturated carbocycles. The molecule has 120 valence electrons. The first-order chi connectivity index (χ1) is 10.7. The van der Waals surface area contributed by atoms with Crippen LogP contribution in [-0.2, 0) is 11.2 Å². The third-order valence-corrected chi connectivity index (χ3v) is 4.89. The zero-order valence-corrected chi connectivity index (χ0v) is 13.3. The summed E-state index contributed by atoms with van der Waals surface area (Å²) in [5.74, 6) is 2.17. The van der Waals surface area contributed by atoms with Gasteiger partial charge >= 0.3 is 0 Å². The highest BCUT2D eigenvalue weighted by Crippen LogP contribution is 2.25. The van der Waals surface area contributed by atoms with Crippen molar-refractivity contribution in [3.8, 4) is 5.75 Å². The van der Waals surface area contributed by atoms with Crippen LogP contribution in [0.5, 0.6) is 5.75 Å². The molecule has 4 nitrogen and oxygen atoms in total. The summed E-state index contributed by atoms with van der Waals surface area (Å²) in [6, 6.07) is 8.16. The largest absolute Gasteiger partial charge is 0.491 e. The molecule has 2 aliphatic heterocycles. The fourth-order valence-electron chi connectivity index (χ4n) is 3.53. The molecule has 1 aromatic rings. The number of carbonyl (C=O) groups is 1. The topological polar surface area (TPSA) is 50.4 Å². The van der Waals surface area contributed by atoms with Gasteiger partial charge in [0.1, 0.15) is 12.4 Å². The number of hydrogen-bond acceptors (Lipinski definition) is 3. The van der Waals surface area contributed by atoms with Crippen LogP contribution >= 0.6 is 0 Å². The smallest absolute Gasteiger partial charge is 0.220 e. The summed E-state index contributed by atoms with van der Waals surface area (Å²) in [7, 11) is 0. The van der Waals surface area contributed by atoms with E-state index in [1.807, 2.05) is 18.2 Å². The molecule has 1 fully saturated rings. The van der Waals surface area contributed by atoms with Crippen molar-refractivity contribution in [2.75, 3.05) is 19.7 Å². The Morgan fingerprint density at radius 3 is 3.14 bits per heavy atom. The number of fused-ring (bicyclic) bond motifs is 1. The average molecular weight is 302 g/mol. The molecule has 3 atom stereocenters. The molecular formula is C18H26N2O2. The number of para-hydroxylation sites is 1. The summed E-state index contributed by atoms with van der Waals surface area (Å²) < 4.78 is 5.73. The minimum absolute atomic E-state index is 0.0964. The van der Waals surface area contributed by atoms with Crippen molar-refractivity contribution >= 4 is 5.91 Å². The van der Waals surface area contributed by atoms with Gasteiger partial charge in [-0.25, -0.2) is 0 Å². The molecule has 0 spiro atoms. The van der Waals surface area contributed by atoms with E-state index in [9.17, 15) is 4.79 Å². The van der Waals surface area contributed by atoms with E-state index in [0.717, 1.165) is 25.3 Å². The van der Waals surface area contributed by atoms with Gasteiger partial charge in [-0.3, -0.25) is 4.79 Å². The van der Waals surface area contributed by atoms with Crippen LogP contribution < -0.4 is 15.4 Å². The Morgan fingerprint density at radius 2 is 2.32 bits per heavy atom. The van der Waals surface area contributed by atoms with Crippen molar-refractivity contribution in [3.05, 3.63) is 29.8 Å². The number of benzene rings is 1. The van der Waals surface area contributed by atoms with Gasteiger partial charge in [0.25, 0.3) is 0 Å². The van der Waals surface area contributed by atoms with Gasteiger partial charge in [-0.15, -0.1) is 0 Å². The second-order valence-corrected chi connectivity index (χ2v) is 6.68. The van der Waals surface area contributed by atoms with E-state index < -0.39 is 0 Å². The monoisotopic (exact) mass is 302 g/mol. The first-order valence-electron chi connectivity index (χ1n) is 8.43. The molecule has 2 N–H and O–H groups in total. The van der Waals surface area contributed by atoms with E-state index >= 15 is 0 Å². The first kappa shape index (κ1) is 15.3. The summed E-state index contributed by atoms with van der Waals surface area (Å²) in [6.07, 6.45) is 3.94. The Bertz CT molecular complexity index is 512. The minimum atomic E-state index is 0.0964. The van der Waals surface area contributed by atoms with Gasteiger partial charge in [-0.05, 0) is 55.8 Å². The number of hydrogen-bond donors (Lipinski definition) is 2. The maximum absolute atomic E-state index is 12.3. The molecule has 0 bridgehead atoms. The van der Waals surface area contributed by atoms with Gasteiger partial charge in [0.15, 0.2) is 0 Å². The molecule has 2 heterocycles. The number of ether oxygens (including phenoxy) is 1. The van der Waals surface area contributed by atoms with E-state index in [1.54, 1.807) is 0 Å². The molecule has 1 amide bonds. The second kappa shape index (κ2) is 7.14. The quantitative estimate of drug-likeness (QED) is 0.896. The number of rotatable bonds is 4. The third kappa shape index (κ3) is 3.80. The standard InChI is InChI=1S/C18H26N2O2/c1-13(15-6-4-8-19-11-15)9-18(21)20-16-10-14-5-2-3-7-17(14)22-12-16/h2-3,5,7,13,15-16,19H,4,6,8-12H2,1H3,(H,20,21). The number of nitrogens with one attached hydrogen (secondary N) is 2. The molecule has 1 aromatic carbocycles. The summed E-state index contributed by atoms with van der Waals surface area (Å²) in [5, 5.41) is 6.58. The van der Waals surface area contributed by atoms with Crippen LogP contribution in [0.1, 0.15) is 31.7 Å². The Balaban J connectivity index is 1.48. The molecule has 0 aromatic heterocycles. The fraction of sp³-hybridized carbons (Fsp3) is 0.611. The third-order valence-electron chi connectivity index (χ3n) is 4.89. The lowest BCUT2D eigenvalue weighted by Crippen LogP contribution is -2.44. The highest BCUT2D eigenvalue weighted by atomic mass is 16.5. The van der Waals surface area contributed by atoms with E-state index in [4.69, 9.17) is 4.74 Å². The molecular weight excluding hydrogens is 276 g/mol. The van der Waals surface area contributed by atoms with E-state index in [2.05, 4.69) is 23.6 Å².